The fourth-order valence-electron chi connectivity index (χ4n) is 3.12. The third-order valence-corrected chi connectivity index (χ3v) is 4.31. The predicted molar refractivity (Wildman–Crippen MR) is 74.5 cm³/mol. The summed E-state index contributed by atoms with van der Waals surface area (Å²) in [6.45, 7) is 2.69. The minimum atomic E-state index is -0.669. The van der Waals surface area contributed by atoms with Crippen molar-refractivity contribution in [3.8, 4) is 5.75 Å². The van der Waals surface area contributed by atoms with E-state index in [1.165, 1.54) is 11.1 Å². The topological polar surface area (TPSA) is 21.3 Å². The lowest BCUT2D eigenvalue weighted by molar-refractivity contribution is 0.181. The van der Waals surface area contributed by atoms with Gasteiger partial charge in [-0.15, -0.1) is 0 Å². The Hall–Kier alpha value is -1.09. The van der Waals surface area contributed by atoms with Crippen molar-refractivity contribution in [3.05, 3.63) is 29.3 Å². The minimum Gasteiger partial charge on any atom is -0.493 e. The Kier molecular flexibility index (Phi) is 4.02. The summed E-state index contributed by atoms with van der Waals surface area (Å²) in [6.07, 6.45) is 3.96. The van der Waals surface area contributed by atoms with Gasteiger partial charge in [-0.3, -0.25) is 0 Å². The van der Waals surface area contributed by atoms with Gasteiger partial charge in [-0.25, -0.2) is 4.39 Å². The second-order valence-corrected chi connectivity index (χ2v) is 5.70. The van der Waals surface area contributed by atoms with Crippen molar-refractivity contribution < 1.29 is 9.13 Å². The van der Waals surface area contributed by atoms with Gasteiger partial charge in [0.15, 0.2) is 0 Å². The first-order valence-corrected chi connectivity index (χ1v) is 7.42. The Bertz CT molecular complexity index is 429. The Balaban J connectivity index is 1.53. The zero-order chi connectivity index (χ0) is 13.1. The molecule has 1 N–H and O–H groups in total. The molecule has 2 heterocycles. The normalized spacial score (nSPS) is 23.7. The molecule has 2 atom stereocenters. The van der Waals surface area contributed by atoms with Crippen LogP contribution in [0.4, 0.5) is 4.39 Å². The predicted octanol–water partition coefficient (Wildman–Crippen LogP) is 2.89. The highest BCUT2D eigenvalue weighted by Crippen LogP contribution is 2.27. The van der Waals surface area contributed by atoms with E-state index in [0.717, 1.165) is 51.1 Å². The molecule has 2 aliphatic heterocycles. The van der Waals surface area contributed by atoms with Crippen LogP contribution in [-0.4, -0.2) is 25.9 Å². The fraction of sp³-hybridized carbons (Fsp3) is 0.625. The molecular weight excluding hydrogens is 241 g/mol. The molecule has 2 nitrogen and oxygen atoms in total. The number of halogens is 1. The van der Waals surface area contributed by atoms with Gasteiger partial charge in [0.1, 0.15) is 11.9 Å². The average Bonchev–Trinajstić information content (AvgIpc) is 2.93. The molecule has 0 aliphatic carbocycles. The highest BCUT2D eigenvalue weighted by molar-refractivity contribution is 5.39. The van der Waals surface area contributed by atoms with Crippen LogP contribution in [0.2, 0.25) is 0 Å². The molecule has 2 aliphatic rings. The molecule has 1 saturated heterocycles. The molecular formula is C16H22FNO. The Labute approximate surface area is 114 Å². The fourth-order valence-corrected chi connectivity index (χ4v) is 3.12. The SMILES string of the molecule is FC(CCc1ccc2c(c1)CCO2)C1CCCNC1. The molecule has 3 rings (SSSR count). The van der Waals surface area contributed by atoms with E-state index < -0.39 is 6.17 Å². The van der Waals surface area contributed by atoms with E-state index in [1.54, 1.807) is 0 Å². The van der Waals surface area contributed by atoms with Gasteiger partial charge >= 0.3 is 0 Å². The maximum Gasteiger partial charge on any atom is 0.122 e. The summed E-state index contributed by atoms with van der Waals surface area (Å²) in [5, 5.41) is 3.29. The highest BCUT2D eigenvalue weighted by Gasteiger charge is 2.23. The molecule has 1 aromatic rings. The second-order valence-electron chi connectivity index (χ2n) is 5.70. The van der Waals surface area contributed by atoms with Crippen LogP contribution in [0.15, 0.2) is 18.2 Å². The van der Waals surface area contributed by atoms with Crippen LogP contribution in [0.25, 0.3) is 0 Å². The monoisotopic (exact) mass is 263 g/mol. The maximum atomic E-state index is 14.2. The number of aryl methyl sites for hydroxylation is 1. The zero-order valence-electron chi connectivity index (χ0n) is 11.3. The average molecular weight is 263 g/mol. The van der Waals surface area contributed by atoms with E-state index >= 15 is 0 Å². The molecule has 0 radical (unpaired) electrons. The molecule has 0 spiro atoms. The van der Waals surface area contributed by atoms with E-state index in [9.17, 15) is 4.39 Å². The molecule has 0 amide bonds. The van der Waals surface area contributed by atoms with E-state index in [1.807, 2.05) is 6.07 Å². The Morgan fingerprint density at radius 3 is 3.21 bits per heavy atom. The number of piperidine rings is 1. The van der Waals surface area contributed by atoms with E-state index in [2.05, 4.69) is 17.4 Å². The van der Waals surface area contributed by atoms with Gasteiger partial charge < -0.3 is 10.1 Å². The van der Waals surface area contributed by atoms with Gasteiger partial charge in [0.2, 0.25) is 0 Å². The third-order valence-electron chi connectivity index (χ3n) is 4.31. The van der Waals surface area contributed by atoms with Crippen molar-refractivity contribution in [1.29, 1.82) is 0 Å². The molecule has 0 aromatic heterocycles. The number of benzene rings is 1. The summed E-state index contributed by atoms with van der Waals surface area (Å²) in [4.78, 5) is 0. The standard InChI is InChI=1S/C16H22FNO/c17-15(14-2-1-8-18-11-14)5-3-12-4-6-16-13(10-12)7-9-19-16/h4,6,10,14-15,18H,1-3,5,7-9,11H2. The third kappa shape index (κ3) is 3.08. The van der Waals surface area contributed by atoms with Gasteiger partial charge in [-0.05, 0) is 49.4 Å². The van der Waals surface area contributed by atoms with Crippen molar-refractivity contribution in [2.24, 2.45) is 5.92 Å². The lowest BCUT2D eigenvalue weighted by Gasteiger charge is -2.25. The van der Waals surface area contributed by atoms with Gasteiger partial charge in [0, 0.05) is 18.9 Å². The number of ether oxygens (including phenoxy) is 1. The first-order chi connectivity index (χ1) is 9.33. The van der Waals surface area contributed by atoms with Crippen molar-refractivity contribution >= 4 is 0 Å². The van der Waals surface area contributed by atoms with Crippen LogP contribution in [0, 0.1) is 5.92 Å². The van der Waals surface area contributed by atoms with Crippen molar-refractivity contribution in [2.45, 2.75) is 38.3 Å². The quantitative estimate of drug-likeness (QED) is 0.902. The number of hydrogen-bond acceptors (Lipinski definition) is 2. The van der Waals surface area contributed by atoms with Crippen molar-refractivity contribution in [2.75, 3.05) is 19.7 Å². The minimum absolute atomic E-state index is 0.214. The van der Waals surface area contributed by atoms with E-state index in [0.29, 0.717) is 6.42 Å². The number of rotatable bonds is 4. The van der Waals surface area contributed by atoms with Crippen LogP contribution >= 0.6 is 0 Å². The molecule has 3 heteroatoms. The highest BCUT2D eigenvalue weighted by atomic mass is 19.1. The van der Waals surface area contributed by atoms with Crippen LogP contribution < -0.4 is 10.1 Å². The van der Waals surface area contributed by atoms with Crippen LogP contribution in [0.1, 0.15) is 30.4 Å². The van der Waals surface area contributed by atoms with E-state index in [-0.39, 0.29) is 5.92 Å². The molecule has 2 unspecified atom stereocenters. The molecule has 19 heavy (non-hydrogen) atoms. The smallest absolute Gasteiger partial charge is 0.122 e. The van der Waals surface area contributed by atoms with E-state index in [4.69, 9.17) is 4.74 Å². The van der Waals surface area contributed by atoms with Gasteiger partial charge in [0.05, 0.1) is 6.61 Å². The Morgan fingerprint density at radius 1 is 1.42 bits per heavy atom. The lowest BCUT2D eigenvalue weighted by Crippen LogP contribution is -2.35. The zero-order valence-corrected chi connectivity index (χ0v) is 11.3. The molecule has 1 aromatic carbocycles. The first-order valence-electron chi connectivity index (χ1n) is 7.42. The van der Waals surface area contributed by atoms with Gasteiger partial charge in [-0.1, -0.05) is 12.1 Å². The number of alkyl halides is 1. The summed E-state index contributed by atoms with van der Waals surface area (Å²) in [7, 11) is 0. The number of fused-ring (bicyclic) bond motifs is 1. The largest absolute Gasteiger partial charge is 0.493 e. The Morgan fingerprint density at radius 2 is 2.37 bits per heavy atom. The van der Waals surface area contributed by atoms with Crippen molar-refractivity contribution in [3.63, 3.8) is 0 Å². The molecule has 0 saturated carbocycles. The van der Waals surface area contributed by atoms with Crippen LogP contribution in [0.5, 0.6) is 5.75 Å². The van der Waals surface area contributed by atoms with Crippen molar-refractivity contribution in [1.82, 2.24) is 5.32 Å². The molecule has 0 bridgehead atoms. The van der Waals surface area contributed by atoms with Gasteiger partial charge in [-0.2, -0.15) is 0 Å². The summed E-state index contributed by atoms with van der Waals surface area (Å²) in [6, 6.07) is 6.30. The number of hydrogen-bond donors (Lipinski definition) is 1. The first kappa shape index (κ1) is 12.9. The van der Waals surface area contributed by atoms with Crippen LogP contribution in [-0.2, 0) is 12.8 Å². The summed E-state index contributed by atoms with van der Waals surface area (Å²) >= 11 is 0. The second kappa shape index (κ2) is 5.91. The lowest BCUT2D eigenvalue weighted by atomic mass is 9.91. The maximum absolute atomic E-state index is 14.2. The summed E-state index contributed by atoms with van der Waals surface area (Å²) < 4.78 is 19.7. The molecule has 104 valence electrons. The number of nitrogens with one attached hydrogen (secondary N) is 1. The molecule has 1 fully saturated rings. The van der Waals surface area contributed by atoms with Gasteiger partial charge in [0.25, 0.3) is 0 Å². The summed E-state index contributed by atoms with van der Waals surface area (Å²) in [5.41, 5.74) is 2.53. The van der Waals surface area contributed by atoms with Crippen LogP contribution in [0.3, 0.4) is 0 Å². The summed E-state index contributed by atoms with van der Waals surface area (Å²) in [5.74, 6) is 1.23.